The molecule has 0 bridgehead atoms. The average molecular weight is 294 g/mol. The number of hydrogen-bond donors (Lipinski definition) is 2. The molecular weight excluding hydrogens is 285 g/mol. The summed E-state index contributed by atoms with van der Waals surface area (Å²) in [6.45, 7) is 0. The molecule has 1 aromatic carbocycles. The van der Waals surface area contributed by atoms with E-state index in [0.717, 1.165) is 12.1 Å². The molecule has 21 heavy (non-hydrogen) atoms. The van der Waals surface area contributed by atoms with Crippen molar-refractivity contribution in [1.29, 1.82) is 5.26 Å². The third-order valence-electron chi connectivity index (χ3n) is 2.52. The maximum Gasteiger partial charge on any atom is 0.420 e. The van der Waals surface area contributed by atoms with Crippen LogP contribution in [0, 0.1) is 11.3 Å². The summed E-state index contributed by atoms with van der Waals surface area (Å²) < 4.78 is 44.1. The first kappa shape index (κ1) is 14.6. The lowest BCUT2D eigenvalue weighted by molar-refractivity contribution is -0.138. The van der Waals surface area contributed by atoms with E-state index in [2.05, 4.69) is 10.4 Å². The lowest BCUT2D eigenvalue weighted by Gasteiger charge is -2.14. The van der Waals surface area contributed by atoms with Crippen LogP contribution in [0.1, 0.15) is 11.1 Å². The average Bonchev–Trinajstić information content (AvgIpc) is 2.46. The molecule has 0 saturated heterocycles. The fourth-order valence-corrected chi connectivity index (χ4v) is 1.59. The molecule has 0 aliphatic carbocycles. The zero-order valence-corrected chi connectivity index (χ0v) is 10.5. The topological polar surface area (TPSA) is 84.0 Å². The second-order valence-corrected chi connectivity index (χ2v) is 3.94. The van der Waals surface area contributed by atoms with Crippen molar-refractivity contribution < 1.29 is 17.9 Å². The van der Waals surface area contributed by atoms with Crippen LogP contribution in [0.25, 0.3) is 0 Å². The van der Waals surface area contributed by atoms with Crippen LogP contribution in [0.15, 0.2) is 36.5 Å². The summed E-state index contributed by atoms with van der Waals surface area (Å²) in [5.41, 5.74) is 1.13. The summed E-state index contributed by atoms with van der Waals surface area (Å²) in [5.74, 6) is 5.14. The van der Waals surface area contributed by atoms with Gasteiger partial charge in [-0.2, -0.15) is 18.4 Å². The lowest BCUT2D eigenvalue weighted by atomic mass is 10.1. The highest BCUT2D eigenvalue weighted by atomic mass is 19.4. The van der Waals surface area contributed by atoms with Gasteiger partial charge in [0.2, 0.25) is 0 Å². The van der Waals surface area contributed by atoms with Gasteiger partial charge in [-0.25, -0.2) is 10.8 Å². The monoisotopic (exact) mass is 294 g/mol. The van der Waals surface area contributed by atoms with Gasteiger partial charge in [-0.15, -0.1) is 0 Å². The Kier molecular flexibility index (Phi) is 3.95. The van der Waals surface area contributed by atoms with Crippen LogP contribution < -0.4 is 16.0 Å². The van der Waals surface area contributed by atoms with Crippen molar-refractivity contribution in [2.75, 3.05) is 5.43 Å². The number of nitrogens with two attached hydrogens (primary N) is 1. The number of nitriles is 1. The first-order chi connectivity index (χ1) is 9.94. The molecule has 2 aromatic rings. The van der Waals surface area contributed by atoms with E-state index in [0.29, 0.717) is 0 Å². The fraction of sp³-hybridized carbons (Fsp3) is 0.0769. The van der Waals surface area contributed by atoms with E-state index in [4.69, 9.17) is 15.8 Å². The second-order valence-electron chi connectivity index (χ2n) is 3.94. The Balaban J connectivity index is 2.42. The maximum atomic E-state index is 13.0. The molecule has 0 fully saturated rings. The van der Waals surface area contributed by atoms with Crippen molar-refractivity contribution in [3.05, 3.63) is 47.7 Å². The first-order valence-electron chi connectivity index (χ1n) is 5.66. The van der Waals surface area contributed by atoms with Crippen LogP contribution in [-0.4, -0.2) is 4.98 Å². The Morgan fingerprint density at radius 1 is 1.24 bits per heavy atom. The van der Waals surface area contributed by atoms with E-state index in [-0.39, 0.29) is 17.1 Å². The highest BCUT2D eigenvalue weighted by Gasteiger charge is 2.35. The normalized spacial score (nSPS) is 10.8. The predicted molar refractivity (Wildman–Crippen MR) is 68.3 cm³/mol. The minimum absolute atomic E-state index is 0.103. The van der Waals surface area contributed by atoms with Crippen LogP contribution in [0.2, 0.25) is 0 Å². The number of hydrazine groups is 1. The Hall–Kier alpha value is -2.79. The van der Waals surface area contributed by atoms with Gasteiger partial charge in [0.15, 0.2) is 0 Å². The summed E-state index contributed by atoms with van der Waals surface area (Å²) in [5, 5.41) is 8.69. The molecule has 0 aliphatic rings. The van der Waals surface area contributed by atoms with Crippen molar-refractivity contribution in [3.63, 3.8) is 0 Å². The van der Waals surface area contributed by atoms with Crippen LogP contribution in [0.4, 0.5) is 19.0 Å². The number of hydrogen-bond acceptors (Lipinski definition) is 5. The van der Waals surface area contributed by atoms with Crippen LogP contribution in [0.3, 0.4) is 0 Å². The Morgan fingerprint density at radius 3 is 2.62 bits per heavy atom. The number of pyridine rings is 1. The van der Waals surface area contributed by atoms with Gasteiger partial charge in [-0.05, 0) is 24.3 Å². The maximum absolute atomic E-state index is 13.0. The van der Waals surface area contributed by atoms with Crippen molar-refractivity contribution in [2.24, 2.45) is 5.84 Å². The number of benzene rings is 1. The number of aromatic nitrogens is 1. The molecule has 2 rings (SSSR count). The third kappa shape index (κ3) is 3.40. The number of rotatable bonds is 3. The third-order valence-corrected chi connectivity index (χ3v) is 2.52. The molecule has 0 amide bonds. The molecule has 0 atom stereocenters. The highest BCUT2D eigenvalue weighted by molar-refractivity contribution is 5.47. The molecule has 1 heterocycles. The van der Waals surface area contributed by atoms with Gasteiger partial charge >= 0.3 is 6.18 Å². The van der Waals surface area contributed by atoms with Gasteiger partial charge < -0.3 is 10.2 Å². The Morgan fingerprint density at radius 2 is 2.00 bits per heavy atom. The molecule has 0 unspecified atom stereocenters. The zero-order valence-electron chi connectivity index (χ0n) is 10.5. The highest BCUT2D eigenvalue weighted by Crippen LogP contribution is 2.38. The van der Waals surface area contributed by atoms with Gasteiger partial charge in [0.25, 0.3) is 0 Å². The van der Waals surface area contributed by atoms with Crippen molar-refractivity contribution in [3.8, 4) is 17.6 Å². The van der Waals surface area contributed by atoms with E-state index in [1.165, 1.54) is 24.4 Å². The molecule has 8 heteroatoms. The summed E-state index contributed by atoms with van der Waals surface area (Å²) >= 11 is 0. The zero-order chi connectivity index (χ0) is 15.5. The molecule has 0 saturated carbocycles. The molecule has 0 spiro atoms. The number of anilines is 1. The first-order valence-corrected chi connectivity index (χ1v) is 5.66. The Labute approximate surface area is 117 Å². The molecule has 0 radical (unpaired) electrons. The predicted octanol–water partition coefficient (Wildman–Crippen LogP) is 3.05. The number of nitrogens with one attached hydrogen (secondary N) is 1. The molecule has 5 nitrogen and oxygen atoms in total. The van der Waals surface area contributed by atoms with E-state index < -0.39 is 17.5 Å². The number of halogens is 3. The number of ether oxygens (including phenoxy) is 1. The van der Waals surface area contributed by atoms with Gasteiger partial charge in [0.1, 0.15) is 17.3 Å². The van der Waals surface area contributed by atoms with Gasteiger partial charge in [-0.1, -0.05) is 0 Å². The summed E-state index contributed by atoms with van der Waals surface area (Å²) in [6, 6.07) is 7.46. The molecular formula is C13H9F3N4O. The van der Waals surface area contributed by atoms with Crippen LogP contribution >= 0.6 is 0 Å². The van der Waals surface area contributed by atoms with E-state index in [9.17, 15) is 13.2 Å². The van der Waals surface area contributed by atoms with E-state index >= 15 is 0 Å². The minimum Gasteiger partial charge on any atom is -0.457 e. The van der Waals surface area contributed by atoms with Crippen molar-refractivity contribution >= 4 is 5.82 Å². The largest absolute Gasteiger partial charge is 0.457 e. The van der Waals surface area contributed by atoms with E-state index in [1.807, 2.05) is 0 Å². The second kappa shape index (κ2) is 5.68. The smallest absolute Gasteiger partial charge is 0.420 e. The van der Waals surface area contributed by atoms with Crippen LogP contribution in [0.5, 0.6) is 11.5 Å². The molecule has 0 aliphatic heterocycles. The Bertz CT molecular complexity index is 695. The SMILES string of the molecule is N#Cc1ccc(Oc2ccnc(NN)c2)c(C(F)(F)F)c1. The molecule has 108 valence electrons. The summed E-state index contributed by atoms with van der Waals surface area (Å²) in [6.07, 6.45) is -3.30. The standard InChI is InChI=1S/C13H9F3N4O/c14-13(15,16)10-5-8(7-17)1-2-11(10)21-9-3-4-19-12(6-9)20-18/h1-6H,18H2,(H,19,20). The van der Waals surface area contributed by atoms with Crippen molar-refractivity contribution in [2.45, 2.75) is 6.18 Å². The summed E-state index contributed by atoms with van der Waals surface area (Å²) in [7, 11) is 0. The minimum atomic E-state index is -4.63. The number of nitrogen functional groups attached to an aromatic ring is 1. The van der Waals surface area contributed by atoms with Crippen molar-refractivity contribution in [1.82, 2.24) is 4.98 Å². The molecule has 1 aromatic heterocycles. The van der Waals surface area contributed by atoms with Crippen LogP contribution in [-0.2, 0) is 6.18 Å². The number of nitrogens with zero attached hydrogens (tertiary/aromatic N) is 2. The summed E-state index contributed by atoms with van der Waals surface area (Å²) in [4.78, 5) is 3.82. The van der Waals surface area contributed by atoms with Gasteiger partial charge in [-0.3, -0.25) is 0 Å². The molecule has 3 N–H and O–H groups in total. The fourth-order valence-electron chi connectivity index (χ4n) is 1.59. The lowest BCUT2D eigenvalue weighted by Crippen LogP contribution is -2.09. The van der Waals surface area contributed by atoms with Gasteiger partial charge in [0.05, 0.1) is 17.2 Å². The number of alkyl halides is 3. The van der Waals surface area contributed by atoms with Gasteiger partial charge in [0, 0.05) is 12.3 Å². The van der Waals surface area contributed by atoms with E-state index in [1.54, 1.807) is 6.07 Å². The quantitative estimate of drug-likeness (QED) is 0.671.